The summed E-state index contributed by atoms with van der Waals surface area (Å²) in [4.78, 5) is 28.8. The van der Waals surface area contributed by atoms with Crippen LogP contribution < -0.4 is 9.46 Å². The molecule has 0 aliphatic heterocycles. The summed E-state index contributed by atoms with van der Waals surface area (Å²) in [5.74, 6) is -0.358. The zero-order chi connectivity index (χ0) is 27.8. The zero-order valence-electron chi connectivity index (χ0n) is 21.0. The van der Waals surface area contributed by atoms with E-state index in [-0.39, 0.29) is 28.4 Å². The van der Waals surface area contributed by atoms with E-state index in [1.807, 2.05) is 13.0 Å². The fraction of sp³-hybridized carbons (Fsp3) is 0.148. The molecule has 1 N–H and O–H groups in total. The molecule has 0 aliphatic rings. The molecule has 4 aromatic rings. The number of nitrogens with zero attached hydrogens (tertiary/aromatic N) is 4. The lowest BCUT2D eigenvalue weighted by molar-refractivity contribution is 0.0600. The molecule has 2 heterocycles. The lowest BCUT2D eigenvalue weighted by Crippen LogP contribution is -2.13. The Labute approximate surface area is 230 Å². The number of sulfonamides is 1. The van der Waals surface area contributed by atoms with Gasteiger partial charge in [0.1, 0.15) is 5.75 Å². The number of carbonyl (C=O) groups excluding carboxylic acids is 1. The molecule has 10 nitrogen and oxygen atoms in total. The van der Waals surface area contributed by atoms with Crippen LogP contribution in [0.15, 0.2) is 72.4 Å². The van der Waals surface area contributed by atoms with Crippen molar-refractivity contribution in [3.8, 4) is 23.1 Å². The van der Waals surface area contributed by atoms with Gasteiger partial charge in [-0.05, 0) is 47.9 Å². The van der Waals surface area contributed by atoms with Gasteiger partial charge in [-0.2, -0.15) is 0 Å². The number of hydrogen-bond donors (Lipinski definition) is 1. The molecule has 0 saturated heterocycles. The summed E-state index contributed by atoms with van der Waals surface area (Å²) < 4.78 is 39.4. The van der Waals surface area contributed by atoms with Crippen LogP contribution in [0.5, 0.6) is 11.5 Å². The number of aryl methyl sites for hydroxylation is 1. The predicted octanol–water partition coefficient (Wildman–Crippen LogP) is 5.53. The second kappa shape index (κ2) is 12.5. The maximum absolute atomic E-state index is 13.0. The third-order valence-electron chi connectivity index (χ3n) is 5.28. The number of halogens is 1. The van der Waals surface area contributed by atoms with Crippen LogP contribution in [0.2, 0.25) is 5.15 Å². The summed E-state index contributed by atoms with van der Waals surface area (Å²) >= 11 is 6.51. The van der Waals surface area contributed by atoms with Gasteiger partial charge in [-0.25, -0.2) is 33.1 Å². The second-order valence-electron chi connectivity index (χ2n) is 8.11. The van der Waals surface area contributed by atoms with Crippen LogP contribution >= 0.6 is 11.6 Å². The number of carbonyl (C=O) groups is 1. The van der Waals surface area contributed by atoms with Crippen LogP contribution in [-0.4, -0.2) is 41.4 Å². The van der Waals surface area contributed by atoms with Crippen molar-refractivity contribution in [2.24, 2.45) is 0 Å². The van der Waals surface area contributed by atoms with E-state index in [0.717, 1.165) is 11.8 Å². The summed E-state index contributed by atoms with van der Waals surface area (Å²) in [5.41, 5.74) is 1.72. The molecule has 0 amide bonds. The van der Waals surface area contributed by atoms with Crippen molar-refractivity contribution in [3.05, 3.63) is 94.2 Å². The molecule has 4 rings (SSSR count). The summed E-state index contributed by atoms with van der Waals surface area (Å²) in [6.07, 6.45) is 5.75. The molecule has 12 heteroatoms. The average Bonchev–Trinajstić information content (AvgIpc) is 2.95. The predicted molar refractivity (Wildman–Crippen MR) is 148 cm³/mol. The third kappa shape index (κ3) is 7.15. The first-order chi connectivity index (χ1) is 18.8. The lowest BCUT2D eigenvalue weighted by Gasteiger charge is -2.16. The maximum Gasteiger partial charge on any atom is 0.337 e. The van der Waals surface area contributed by atoms with E-state index in [2.05, 4.69) is 24.7 Å². The first-order valence-electron chi connectivity index (χ1n) is 11.8. The Morgan fingerprint density at radius 1 is 1.03 bits per heavy atom. The Balaban J connectivity index is 1.77. The van der Waals surface area contributed by atoms with Crippen molar-refractivity contribution < 1.29 is 22.7 Å². The van der Waals surface area contributed by atoms with Gasteiger partial charge in [-0.1, -0.05) is 55.3 Å². The molecule has 0 spiro atoms. The largest absolute Gasteiger partial charge is 0.465 e. The van der Waals surface area contributed by atoms with Crippen molar-refractivity contribution in [2.75, 3.05) is 11.8 Å². The van der Waals surface area contributed by atoms with Crippen molar-refractivity contribution in [1.29, 1.82) is 0 Å². The Morgan fingerprint density at radius 2 is 1.77 bits per heavy atom. The van der Waals surface area contributed by atoms with E-state index in [4.69, 9.17) is 21.1 Å². The fourth-order valence-corrected chi connectivity index (χ4v) is 4.52. The standard InChI is InChI=1S/C27H24ClN5O5S/c1-3-8-19-17-20(27(34)37-2)11-12-21(19)38-22-23(28)31-26(25-29-14-7-15-30-25)32-24(22)33-39(35,36)16-13-18-9-5-4-6-10-18/h4-7,9-17H,3,8H2,1-2H3,(H,31,32,33). The van der Waals surface area contributed by atoms with Crippen LogP contribution in [0.3, 0.4) is 0 Å². The minimum atomic E-state index is -4.07. The highest BCUT2D eigenvalue weighted by Crippen LogP contribution is 2.38. The highest BCUT2D eigenvalue weighted by Gasteiger charge is 2.22. The average molecular weight is 566 g/mol. The molecule has 2 aromatic carbocycles. The molecule has 0 atom stereocenters. The second-order valence-corrected chi connectivity index (χ2v) is 10.0. The van der Waals surface area contributed by atoms with E-state index in [1.165, 1.54) is 31.6 Å². The van der Waals surface area contributed by atoms with Gasteiger partial charge in [-0.15, -0.1) is 0 Å². The van der Waals surface area contributed by atoms with E-state index in [1.54, 1.807) is 42.5 Å². The summed E-state index contributed by atoms with van der Waals surface area (Å²) in [5, 5.41) is 0.839. The SMILES string of the molecule is CCCc1cc(C(=O)OC)ccc1Oc1c(Cl)nc(-c2ncccn2)nc1NS(=O)(=O)C=Cc1ccccc1. The molecule has 0 bridgehead atoms. The molecule has 2 aromatic heterocycles. The van der Waals surface area contributed by atoms with Crippen molar-refractivity contribution in [1.82, 2.24) is 19.9 Å². The zero-order valence-corrected chi connectivity index (χ0v) is 22.6. The smallest absolute Gasteiger partial charge is 0.337 e. The first-order valence-corrected chi connectivity index (χ1v) is 13.7. The number of ether oxygens (including phenoxy) is 2. The van der Waals surface area contributed by atoms with E-state index in [9.17, 15) is 13.2 Å². The number of esters is 1. The number of hydrogen-bond acceptors (Lipinski definition) is 9. The Morgan fingerprint density at radius 3 is 2.46 bits per heavy atom. The molecule has 200 valence electrons. The van der Waals surface area contributed by atoms with Gasteiger partial charge >= 0.3 is 5.97 Å². The van der Waals surface area contributed by atoms with Gasteiger partial charge in [0.25, 0.3) is 10.0 Å². The summed E-state index contributed by atoms with van der Waals surface area (Å²) in [6.45, 7) is 1.97. The van der Waals surface area contributed by atoms with Gasteiger partial charge in [-0.3, -0.25) is 4.72 Å². The lowest BCUT2D eigenvalue weighted by atomic mass is 10.1. The normalized spacial score (nSPS) is 11.4. The van der Waals surface area contributed by atoms with Crippen LogP contribution in [0.25, 0.3) is 17.7 Å². The minimum Gasteiger partial charge on any atom is -0.465 e. The number of methoxy groups -OCH3 is 1. The Bertz CT molecular complexity index is 1600. The highest BCUT2D eigenvalue weighted by atomic mass is 35.5. The van der Waals surface area contributed by atoms with Crippen molar-refractivity contribution in [3.63, 3.8) is 0 Å². The van der Waals surface area contributed by atoms with Crippen LogP contribution in [0.1, 0.15) is 34.8 Å². The van der Waals surface area contributed by atoms with Gasteiger partial charge in [0.15, 0.2) is 16.8 Å². The van der Waals surface area contributed by atoms with E-state index in [0.29, 0.717) is 28.9 Å². The van der Waals surface area contributed by atoms with Gasteiger partial charge in [0, 0.05) is 12.4 Å². The summed E-state index contributed by atoms with van der Waals surface area (Å²) in [7, 11) is -2.77. The topological polar surface area (TPSA) is 133 Å². The van der Waals surface area contributed by atoms with Gasteiger partial charge in [0.2, 0.25) is 11.6 Å². The summed E-state index contributed by atoms with van der Waals surface area (Å²) in [6, 6.07) is 15.3. The third-order valence-corrected chi connectivity index (χ3v) is 6.51. The number of nitrogens with one attached hydrogen (secondary N) is 1. The number of rotatable bonds is 10. The maximum atomic E-state index is 13.0. The van der Waals surface area contributed by atoms with Crippen LogP contribution in [0.4, 0.5) is 5.82 Å². The van der Waals surface area contributed by atoms with E-state index >= 15 is 0 Å². The van der Waals surface area contributed by atoms with Crippen molar-refractivity contribution in [2.45, 2.75) is 19.8 Å². The molecule has 39 heavy (non-hydrogen) atoms. The number of anilines is 1. The molecular formula is C27H24ClN5O5S. The molecular weight excluding hydrogens is 542 g/mol. The molecule has 0 fully saturated rings. The van der Waals surface area contributed by atoms with Crippen LogP contribution in [0, 0.1) is 0 Å². The van der Waals surface area contributed by atoms with Crippen LogP contribution in [-0.2, 0) is 21.2 Å². The Kier molecular flexibility index (Phi) is 8.84. The number of aromatic nitrogens is 4. The molecule has 0 unspecified atom stereocenters. The van der Waals surface area contributed by atoms with Gasteiger partial charge in [0.05, 0.1) is 18.1 Å². The van der Waals surface area contributed by atoms with Gasteiger partial charge < -0.3 is 9.47 Å². The highest BCUT2D eigenvalue weighted by molar-refractivity contribution is 7.95. The monoisotopic (exact) mass is 565 g/mol. The molecule has 0 saturated carbocycles. The van der Waals surface area contributed by atoms with E-state index < -0.39 is 16.0 Å². The fourth-order valence-electron chi connectivity index (χ4n) is 3.50. The minimum absolute atomic E-state index is 0.00694. The number of benzene rings is 2. The first kappa shape index (κ1) is 27.7. The molecule has 0 aliphatic carbocycles. The Hall–Kier alpha value is -4.35. The quantitative estimate of drug-likeness (QED) is 0.194. The molecule has 0 radical (unpaired) electrons. The van der Waals surface area contributed by atoms with Crippen molar-refractivity contribution >= 4 is 39.5 Å².